The van der Waals surface area contributed by atoms with Crippen molar-refractivity contribution in [3.8, 4) is 0 Å². The predicted octanol–water partition coefficient (Wildman–Crippen LogP) is 3.00. The number of rotatable bonds is 4. The van der Waals surface area contributed by atoms with Gasteiger partial charge in [-0.2, -0.15) is 0 Å². The molecule has 1 saturated carbocycles. The smallest absolute Gasteiger partial charge is 0.315 e. The van der Waals surface area contributed by atoms with Crippen LogP contribution in [0, 0.1) is 17.3 Å². The summed E-state index contributed by atoms with van der Waals surface area (Å²) in [5.41, 5.74) is -1.88. The number of carboxylic acid groups (broad SMARTS) is 1. The van der Waals surface area contributed by atoms with Crippen LogP contribution < -0.4 is 10.6 Å². The van der Waals surface area contributed by atoms with Crippen molar-refractivity contribution >= 4 is 12.0 Å². The molecule has 0 bridgehead atoms. The lowest BCUT2D eigenvalue weighted by molar-refractivity contribution is -0.150. The highest BCUT2D eigenvalue weighted by molar-refractivity contribution is 5.79. The van der Waals surface area contributed by atoms with Gasteiger partial charge >= 0.3 is 12.0 Å². The molecule has 0 aromatic carbocycles. The Bertz CT molecular complexity index is 404. The summed E-state index contributed by atoms with van der Waals surface area (Å²) in [7, 11) is 0. The number of carboxylic acids is 1. The van der Waals surface area contributed by atoms with Crippen LogP contribution in [0.2, 0.25) is 0 Å². The van der Waals surface area contributed by atoms with Crippen LogP contribution in [0.5, 0.6) is 0 Å². The van der Waals surface area contributed by atoms with Crippen molar-refractivity contribution < 1.29 is 14.7 Å². The molecule has 1 rings (SSSR count). The summed E-state index contributed by atoms with van der Waals surface area (Å²) >= 11 is 0. The third-order valence-electron chi connectivity index (χ3n) is 5.46. The topological polar surface area (TPSA) is 78.4 Å². The molecule has 0 aromatic rings. The zero-order chi connectivity index (χ0) is 16.4. The Labute approximate surface area is 127 Å². The first-order valence-electron chi connectivity index (χ1n) is 7.79. The van der Waals surface area contributed by atoms with Crippen molar-refractivity contribution in [2.45, 2.75) is 72.4 Å². The molecule has 2 amide bonds. The van der Waals surface area contributed by atoms with E-state index < -0.39 is 16.9 Å². The number of carbonyl (C=O) groups excluding carboxylic acids is 1. The van der Waals surface area contributed by atoms with Crippen LogP contribution in [-0.4, -0.2) is 28.7 Å². The van der Waals surface area contributed by atoms with Crippen LogP contribution in [0.4, 0.5) is 4.79 Å². The fraction of sp³-hybridized carbons (Fsp3) is 0.875. The number of urea groups is 1. The fourth-order valence-electron chi connectivity index (χ4n) is 2.61. The maximum atomic E-state index is 12.2. The van der Waals surface area contributed by atoms with Crippen LogP contribution in [0.15, 0.2) is 0 Å². The zero-order valence-electron chi connectivity index (χ0n) is 14.1. The molecule has 0 aromatic heterocycles. The number of hydrogen-bond acceptors (Lipinski definition) is 2. The molecule has 5 nitrogen and oxygen atoms in total. The molecular formula is C16H30N2O3. The Morgan fingerprint density at radius 2 is 1.62 bits per heavy atom. The van der Waals surface area contributed by atoms with Crippen LogP contribution in [0.1, 0.15) is 60.8 Å². The van der Waals surface area contributed by atoms with Crippen LogP contribution in [0.3, 0.4) is 0 Å². The Hall–Kier alpha value is -1.26. The summed E-state index contributed by atoms with van der Waals surface area (Å²) in [5, 5.41) is 15.1. The second-order valence-corrected chi connectivity index (χ2v) is 7.62. The maximum absolute atomic E-state index is 12.2. The van der Waals surface area contributed by atoms with E-state index in [9.17, 15) is 14.7 Å². The average Bonchev–Trinajstić information content (AvgIpc) is 2.32. The first-order chi connectivity index (χ1) is 9.47. The van der Waals surface area contributed by atoms with Gasteiger partial charge in [-0.1, -0.05) is 13.8 Å². The summed E-state index contributed by atoms with van der Waals surface area (Å²) in [6.45, 7) is 11.2. The largest absolute Gasteiger partial charge is 0.481 e. The van der Waals surface area contributed by atoms with E-state index in [1.807, 2.05) is 0 Å². The molecule has 0 aliphatic heterocycles. The van der Waals surface area contributed by atoms with Crippen molar-refractivity contribution in [2.24, 2.45) is 17.3 Å². The van der Waals surface area contributed by atoms with Crippen LogP contribution >= 0.6 is 0 Å². The SMILES string of the molecule is CC1CCC(NC(=O)NC(C)(C)C(C)(C)C(=O)O)CC1C. The second kappa shape index (κ2) is 6.24. The highest BCUT2D eigenvalue weighted by Crippen LogP contribution is 2.31. The molecular weight excluding hydrogens is 268 g/mol. The zero-order valence-corrected chi connectivity index (χ0v) is 14.1. The Morgan fingerprint density at radius 1 is 1.05 bits per heavy atom. The molecule has 0 radical (unpaired) electrons. The van der Waals surface area contributed by atoms with E-state index in [0.29, 0.717) is 11.8 Å². The van der Waals surface area contributed by atoms with Gasteiger partial charge in [-0.05, 0) is 58.8 Å². The van der Waals surface area contributed by atoms with Crippen molar-refractivity contribution in [2.75, 3.05) is 0 Å². The molecule has 0 spiro atoms. The molecule has 21 heavy (non-hydrogen) atoms. The van der Waals surface area contributed by atoms with Gasteiger partial charge in [0.25, 0.3) is 0 Å². The molecule has 3 unspecified atom stereocenters. The first-order valence-corrected chi connectivity index (χ1v) is 7.79. The summed E-state index contributed by atoms with van der Waals surface area (Å²) < 4.78 is 0. The number of amides is 2. The molecule has 3 atom stereocenters. The Morgan fingerprint density at radius 3 is 2.10 bits per heavy atom. The third-order valence-corrected chi connectivity index (χ3v) is 5.46. The number of aliphatic carboxylic acids is 1. The van der Waals surface area contributed by atoms with E-state index in [-0.39, 0.29) is 12.1 Å². The predicted molar refractivity (Wildman–Crippen MR) is 83.1 cm³/mol. The van der Waals surface area contributed by atoms with E-state index in [4.69, 9.17) is 0 Å². The maximum Gasteiger partial charge on any atom is 0.315 e. The highest BCUT2D eigenvalue weighted by atomic mass is 16.4. The van der Waals surface area contributed by atoms with Gasteiger partial charge in [0.05, 0.1) is 11.0 Å². The average molecular weight is 298 g/mol. The summed E-state index contributed by atoms with van der Waals surface area (Å²) in [6.07, 6.45) is 3.09. The molecule has 122 valence electrons. The summed E-state index contributed by atoms with van der Waals surface area (Å²) in [4.78, 5) is 23.5. The van der Waals surface area contributed by atoms with Gasteiger partial charge < -0.3 is 15.7 Å². The van der Waals surface area contributed by atoms with Gasteiger partial charge in [-0.15, -0.1) is 0 Å². The van der Waals surface area contributed by atoms with E-state index >= 15 is 0 Å². The van der Waals surface area contributed by atoms with Crippen LogP contribution in [0.25, 0.3) is 0 Å². The normalized spacial score (nSPS) is 27.0. The molecule has 5 heteroatoms. The minimum atomic E-state index is -1.04. The monoisotopic (exact) mass is 298 g/mol. The molecule has 1 aliphatic carbocycles. The van der Waals surface area contributed by atoms with E-state index in [1.165, 1.54) is 0 Å². The molecule has 1 aliphatic rings. The Kier molecular flexibility index (Phi) is 5.29. The number of carbonyl (C=O) groups is 2. The number of nitrogens with one attached hydrogen (secondary N) is 2. The summed E-state index contributed by atoms with van der Waals surface area (Å²) in [5.74, 6) is 0.383. The van der Waals surface area contributed by atoms with Gasteiger partial charge in [-0.25, -0.2) is 4.79 Å². The van der Waals surface area contributed by atoms with Crippen LogP contribution in [-0.2, 0) is 4.79 Å². The third kappa shape index (κ3) is 4.11. The van der Waals surface area contributed by atoms with Gasteiger partial charge in [0.1, 0.15) is 0 Å². The fourth-order valence-corrected chi connectivity index (χ4v) is 2.61. The van der Waals surface area contributed by atoms with E-state index in [2.05, 4.69) is 24.5 Å². The lowest BCUT2D eigenvalue weighted by Crippen LogP contribution is -2.60. The minimum Gasteiger partial charge on any atom is -0.481 e. The molecule has 0 saturated heterocycles. The van der Waals surface area contributed by atoms with Gasteiger partial charge in [0.2, 0.25) is 0 Å². The van der Waals surface area contributed by atoms with Crippen molar-refractivity contribution in [3.63, 3.8) is 0 Å². The van der Waals surface area contributed by atoms with Gasteiger partial charge in [0.15, 0.2) is 0 Å². The molecule has 0 heterocycles. The highest BCUT2D eigenvalue weighted by Gasteiger charge is 2.44. The second-order valence-electron chi connectivity index (χ2n) is 7.62. The minimum absolute atomic E-state index is 0.181. The lowest BCUT2D eigenvalue weighted by atomic mass is 9.74. The number of hydrogen-bond donors (Lipinski definition) is 3. The van der Waals surface area contributed by atoms with E-state index in [0.717, 1.165) is 19.3 Å². The van der Waals surface area contributed by atoms with Crippen molar-refractivity contribution in [1.29, 1.82) is 0 Å². The quantitative estimate of drug-likeness (QED) is 0.746. The summed E-state index contributed by atoms with van der Waals surface area (Å²) in [6, 6.07) is -0.0963. The van der Waals surface area contributed by atoms with Crippen molar-refractivity contribution in [1.82, 2.24) is 10.6 Å². The standard InChI is InChI=1S/C16H30N2O3/c1-10-7-8-12(9-11(10)2)17-14(21)18-16(5,6)15(3,4)13(19)20/h10-12H,7-9H2,1-6H3,(H,19,20)(H2,17,18,21). The van der Waals surface area contributed by atoms with Gasteiger partial charge in [-0.3, -0.25) is 4.79 Å². The first kappa shape index (κ1) is 17.8. The lowest BCUT2D eigenvalue weighted by Gasteiger charge is -2.39. The molecule has 1 fully saturated rings. The molecule has 3 N–H and O–H groups in total. The van der Waals surface area contributed by atoms with E-state index in [1.54, 1.807) is 27.7 Å². The Balaban J connectivity index is 2.59. The van der Waals surface area contributed by atoms with Gasteiger partial charge in [0, 0.05) is 6.04 Å². The van der Waals surface area contributed by atoms with Crippen molar-refractivity contribution in [3.05, 3.63) is 0 Å².